The summed E-state index contributed by atoms with van der Waals surface area (Å²) >= 11 is 6.89. The second-order valence-corrected chi connectivity index (χ2v) is 5.69. The lowest BCUT2D eigenvalue weighted by atomic mass is 10.2. The van der Waals surface area contributed by atoms with Gasteiger partial charge in [-0.1, -0.05) is 12.2 Å². The summed E-state index contributed by atoms with van der Waals surface area (Å²) in [6.07, 6.45) is 5.08. The maximum atomic E-state index is 11.3. The largest absolute Gasteiger partial charge is 0.459 e. The van der Waals surface area contributed by atoms with Crippen LogP contribution in [-0.2, 0) is 14.3 Å². The van der Waals surface area contributed by atoms with Crippen LogP contribution in [0.15, 0.2) is 11.3 Å². The summed E-state index contributed by atoms with van der Waals surface area (Å²) in [6.45, 7) is 2.81. The van der Waals surface area contributed by atoms with E-state index in [1.165, 1.54) is 5.57 Å². The molecule has 20 heavy (non-hydrogen) atoms. The molecule has 0 atom stereocenters. The Bertz CT molecular complexity index is 422. The van der Waals surface area contributed by atoms with Crippen molar-refractivity contribution in [2.75, 3.05) is 26.0 Å². The predicted octanol–water partition coefficient (Wildman–Crippen LogP) is 1.38. The molecule has 0 heterocycles. The number of hydrogen-bond donors (Lipinski definition) is 2. The van der Waals surface area contributed by atoms with Crippen LogP contribution in [0.2, 0.25) is 0 Å². The van der Waals surface area contributed by atoms with E-state index in [4.69, 9.17) is 12.2 Å². The van der Waals surface area contributed by atoms with Gasteiger partial charge in [0.25, 0.3) is 0 Å². The first-order chi connectivity index (χ1) is 9.60. The minimum absolute atomic E-state index is 0.201. The highest BCUT2D eigenvalue weighted by atomic mass is 32.2. The lowest BCUT2D eigenvalue weighted by molar-refractivity contribution is -0.154. The van der Waals surface area contributed by atoms with Crippen LogP contribution in [-0.4, -0.2) is 42.0 Å². The Labute approximate surface area is 128 Å². The van der Waals surface area contributed by atoms with Crippen LogP contribution in [0.5, 0.6) is 0 Å². The molecule has 0 unspecified atom stereocenters. The lowest BCUT2D eigenvalue weighted by Crippen LogP contribution is -2.37. The maximum absolute atomic E-state index is 11.3. The molecule has 1 aliphatic rings. The van der Waals surface area contributed by atoms with E-state index < -0.39 is 11.9 Å². The van der Waals surface area contributed by atoms with Crippen molar-refractivity contribution < 1.29 is 14.3 Å². The minimum Gasteiger partial charge on any atom is -0.459 e. The number of ether oxygens (including phenoxy) is 1. The van der Waals surface area contributed by atoms with Gasteiger partial charge >= 0.3 is 11.9 Å². The number of rotatable bonds is 6. The summed E-state index contributed by atoms with van der Waals surface area (Å²) in [5.41, 5.74) is 2.37. The molecular formula is C13H20N2O3S2. The fraction of sp³-hybridized carbons (Fsp3) is 0.615. The zero-order valence-electron chi connectivity index (χ0n) is 11.8. The minimum atomic E-state index is -0.836. The Morgan fingerprint density at radius 3 is 2.75 bits per heavy atom. The third-order valence-electron chi connectivity index (χ3n) is 2.86. The molecule has 0 radical (unpaired) electrons. The van der Waals surface area contributed by atoms with Crippen molar-refractivity contribution in [3.63, 3.8) is 0 Å². The average Bonchev–Trinajstić information content (AvgIpc) is 2.91. The molecule has 0 aromatic carbocycles. The normalized spacial score (nSPS) is 14.1. The molecule has 0 fully saturated rings. The van der Waals surface area contributed by atoms with Crippen molar-refractivity contribution in [1.29, 1.82) is 0 Å². The number of carbonyl (C=O) groups excluding carboxylic acids is 2. The number of thioether (sulfide) groups is 1. The van der Waals surface area contributed by atoms with E-state index in [-0.39, 0.29) is 6.61 Å². The van der Waals surface area contributed by atoms with Gasteiger partial charge in [-0.3, -0.25) is 4.79 Å². The van der Waals surface area contributed by atoms with Crippen LogP contribution in [0.25, 0.3) is 0 Å². The quantitative estimate of drug-likeness (QED) is 0.334. The number of hydrogen-bond acceptors (Lipinski definition) is 6. The molecule has 0 bridgehead atoms. The number of carbonyl (C=O) groups is 2. The fourth-order valence-corrected chi connectivity index (χ4v) is 2.64. The molecule has 7 heteroatoms. The molecule has 0 aromatic rings. The second kappa shape index (κ2) is 8.97. The topological polar surface area (TPSA) is 67.4 Å². The zero-order valence-corrected chi connectivity index (χ0v) is 13.4. The Morgan fingerprint density at radius 2 is 2.10 bits per heavy atom. The molecule has 112 valence electrons. The van der Waals surface area contributed by atoms with Gasteiger partial charge in [-0.15, -0.1) is 11.8 Å². The number of thiocarbonyl (C=S) groups is 1. The van der Waals surface area contributed by atoms with E-state index in [9.17, 15) is 9.59 Å². The van der Waals surface area contributed by atoms with E-state index in [2.05, 4.69) is 15.4 Å². The second-order valence-electron chi connectivity index (χ2n) is 4.21. The van der Waals surface area contributed by atoms with E-state index in [1.807, 2.05) is 6.26 Å². The van der Waals surface area contributed by atoms with Crippen LogP contribution in [0, 0.1) is 0 Å². The Balaban J connectivity index is 2.32. The lowest BCUT2D eigenvalue weighted by Gasteiger charge is -2.11. The molecule has 2 N–H and O–H groups in total. The molecule has 0 aromatic heterocycles. The van der Waals surface area contributed by atoms with Crippen molar-refractivity contribution in [3.05, 3.63) is 11.3 Å². The number of nitrogens with one attached hydrogen (secondary N) is 2. The Kier molecular flexibility index (Phi) is 7.61. The molecule has 0 aliphatic heterocycles. The van der Waals surface area contributed by atoms with Gasteiger partial charge in [0, 0.05) is 18.8 Å². The zero-order chi connectivity index (χ0) is 15.0. The third-order valence-corrected chi connectivity index (χ3v) is 4.22. The monoisotopic (exact) mass is 316 g/mol. The van der Waals surface area contributed by atoms with E-state index in [1.54, 1.807) is 18.7 Å². The highest BCUT2D eigenvalue weighted by molar-refractivity contribution is 8.23. The highest BCUT2D eigenvalue weighted by Crippen LogP contribution is 2.28. The predicted molar refractivity (Wildman–Crippen MR) is 84.6 cm³/mol. The fourth-order valence-electron chi connectivity index (χ4n) is 1.95. The summed E-state index contributed by atoms with van der Waals surface area (Å²) in [5.74, 6) is -1.54. The molecule has 1 aliphatic carbocycles. The number of allylic oxidation sites excluding steroid dienone is 1. The number of amides is 1. The molecule has 0 spiro atoms. The maximum Gasteiger partial charge on any atom is 0.396 e. The third kappa shape index (κ3) is 5.13. The molecule has 1 rings (SSSR count). The van der Waals surface area contributed by atoms with E-state index in [0.29, 0.717) is 13.1 Å². The van der Waals surface area contributed by atoms with Gasteiger partial charge in [-0.25, -0.2) is 4.79 Å². The van der Waals surface area contributed by atoms with Crippen molar-refractivity contribution in [3.8, 4) is 0 Å². The van der Waals surface area contributed by atoms with Crippen molar-refractivity contribution in [1.82, 2.24) is 10.6 Å². The molecular weight excluding hydrogens is 296 g/mol. The first kappa shape index (κ1) is 17.0. The van der Waals surface area contributed by atoms with Gasteiger partial charge in [0.1, 0.15) is 0 Å². The summed E-state index contributed by atoms with van der Waals surface area (Å²) in [4.78, 5) is 22.4. The summed E-state index contributed by atoms with van der Waals surface area (Å²) in [6, 6.07) is 0. The van der Waals surface area contributed by atoms with Gasteiger partial charge in [0.05, 0.1) is 10.8 Å². The van der Waals surface area contributed by atoms with Crippen molar-refractivity contribution in [2.24, 2.45) is 0 Å². The van der Waals surface area contributed by atoms with Crippen molar-refractivity contribution >= 4 is 40.1 Å². The Hall–Kier alpha value is -1.08. The van der Waals surface area contributed by atoms with Gasteiger partial charge < -0.3 is 15.4 Å². The Morgan fingerprint density at radius 1 is 1.35 bits per heavy atom. The van der Waals surface area contributed by atoms with Crippen LogP contribution in [0.1, 0.15) is 26.2 Å². The molecule has 1 amide bonds. The van der Waals surface area contributed by atoms with Crippen LogP contribution in [0.4, 0.5) is 0 Å². The molecule has 0 saturated carbocycles. The van der Waals surface area contributed by atoms with E-state index >= 15 is 0 Å². The summed E-state index contributed by atoms with van der Waals surface area (Å²) < 4.78 is 5.53. The molecule has 5 nitrogen and oxygen atoms in total. The molecule has 0 saturated heterocycles. The summed E-state index contributed by atoms with van der Waals surface area (Å²) in [5, 5.41) is 5.80. The number of esters is 1. The van der Waals surface area contributed by atoms with Crippen LogP contribution >= 0.6 is 24.0 Å². The standard InChI is InChI=1S/C13H20N2O3S2/c1-3-18-12(17)11(16)15-8-7-14-10-6-4-5-9(10)13(19)20-2/h14H,3-8H2,1-2H3,(H,15,16). The van der Waals surface area contributed by atoms with Crippen LogP contribution in [0.3, 0.4) is 0 Å². The smallest absolute Gasteiger partial charge is 0.396 e. The first-order valence-corrected chi connectivity index (χ1v) is 8.22. The van der Waals surface area contributed by atoms with Crippen molar-refractivity contribution in [2.45, 2.75) is 26.2 Å². The van der Waals surface area contributed by atoms with Gasteiger partial charge in [0.2, 0.25) is 0 Å². The first-order valence-electron chi connectivity index (χ1n) is 6.59. The van der Waals surface area contributed by atoms with E-state index in [0.717, 1.165) is 29.2 Å². The van der Waals surface area contributed by atoms with Crippen LogP contribution < -0.4 is 10.6 Å². The van der Waals surface area contributed by atoms with Gasteiger partial charge in [0.15, 0.2) is 0 Å². The SMILES string of the molecule is CCOC(=O)C(=O)NCCNC1=C(C(=S)SC)CCC1. The average molecular weight is 316 g/mol. The summed E-state index contributed by atoms with van der Waals surface area (Å²) in [7, 11) is 0. The highest BCUT2D eigenvalue weighted by Gasteiger charge is 2.18. The van der Waals surface area contributed by atoms with Gasteiger partial charge in [-0.05, 0) is 38.0 Å². The van der Waals surface area contributed by atoms with Gasteiger partial charge in [-0.2, -0.15) is 0 Å².